The number of nitrogens with one attached hydrogen (secondary N) is 1. The van der Waals surface area contributed by atoms with Crippen molar-refractivity contribution in [2.75, 3.05) is 5.32 Å². The van der Waals surface area contributed by atoms with Crippen molar-refractivity contribution in [2.45, 2.75) is 18.9 Å². The van der Waals surface area contributed by atoms with Gasteiger partial charge in [-0.15, -0.1) is 0 Å². The first-order chi connectivity index (χ1) is 9.13. The summed E-state index contributed by atoms with van der Waals surface area (Å²) in [5.74, 6) is -3.77. The zero-order valence-electron chi connectivity index (χ0n) is 10.1. The molecule has 19 heavy (non-hydrogen) atoms. The zero-order chi connectivity index (χ0) is 13.4. The number of rotatable bonds is 2. The molecule has 0 amide bonds. The first-order valence-electron chi connectivity index (χ1n) is 6.11. The van der Waals surface area contributed by atoms with Gasteiger partial charge in [-0.1, -0.05) is 24.3 Å². The number of benzene rings is 2. The minimum Gasteiger partial charge on any atom is -0.381 e. The van der Waals surface area contributed by atoms with E-state index in [1.54, 1.807) is 0 Å². The van der Waals surface area contributed by atoms with Crippen LogP contribution < -0.4 is 5.32 Å². The van der Waals surface area contributed by atoms with Crippen molar-refractivity contribution >= 4 is 5.69 Å². The topological polar surface area (TPSA) is 12.0 Å². The van der Waals surface area contributed by atoms with E-state index in [2.05, 4.69) is 5.32 Å². The molecule has 0 saturated heterocycles. The van der Waals surface area contributed by atoms with Crippen LogP contribution in [-0.2, 0) is 12.8 Å². The Morgan fingerprint density at radius 1 is 0.895 bits per heavy atom. The monoisotopic (exact) mass is 263 g/mol. The molecule has 0 radical (unpaired) electrons. The number of hydrogen-bond acceptors (Lipinski definition) is 1. The predicted octanol–water partition coefficient (Wildman–Crippen LogP) is 3.68. The van der Waals surface area contributed by atoms with Crippen molar-refractivity contribution in [3.8, 4) is 0 Å². The summed E-state index contributed by atoms with van der Waals surface area (Å²) >= 11 is 0. The number of anilines is 1. The van der Waals surface area contributed by atoms with Crippen LogP contribution in [0.2, 0.25) is 0 Å². The summed E-state index contributed by atoms with van der Waals surface area (Å²) in [6, 6.07) is 10.1. The maximum absolute atomic E-state index is 13.1. The summed E-state index contributed by atoms with van der Waals surface area (Å²) in [5, 5.41) is 3.05. The minimum absolute atomic E-state index is 0.0849. The molecular formula is C15H12F3N. The van der Waals surface area contributed by atoms with Gasteiger partial charge in [-0.05, 0) is 24.0 Å². The van der Waals surface area contributed by atoms with Crippen LogP contribution in [0, 0.1) is 17.5 Å². The second-order valence-electron chi connectivity index (χ2n) is 4.77. The van der Waals surface area contributed by atoms with Crippen LogP contribution in [0.3, 0.4) is 0 Å². The fourth-order valence-electron chi connectivity index (χ4n) is 2.54. The third-order valence-electron chi connectivity index (χ3n) is 3.41. The van der Waals surface area contributed by atoms with Crippen LogP contribution >= 0.6 is 0 Å². The lowest BCUT2D eigenvalue weighted by molar-refractivity contribution is 0.447. The molecule has 0 spiro atoms. The zero-order valence-corrected chi connectivity index (χ0v) is 10.1. The van der Waals surface area contributed by atoms with Crippen LogP contribution in [0.5, 0.6) is 0 Å². The average Bonchev–Trinajstić information content (AvgIpc) is 2.78. The highest BCUT2D eigenvalue weighted by atomic mass is 19.2. The van der Waals surface area contributed by atoms with Gasteiger partial charge in [0.1, 0.15) is 0 Å². The molecule has 0 aliphatic heterocycles. The van der Waals surface area contributed by atoms with Crippen molar-refractivity contribution in [2.24, 2.45) is 0 Å². The summed E-state index contributed by atoms with van der Waals surface area (Å²) in [4.78, 5) is 0. The van der Waals surface area contributed by atoms with Crippen LogP contribution in [0.1, 0.15) is 11.1 Å². The molecule has 2 aromatic carbocycles. The van der Waals surface area contributed by atoms with Gasteiger partial charge in [0.15, 0.2) is 17.5 Å². The van der Waals surface area contributed by atoms with Gasteiger partial charge in [0.25, 0.3) is 0 Å². The predicted molar refractivity (Wildman–Crippen MR) is 67.6 cm³/mol. The SMILES string of the molecule is Fc1cc(NC2Cc3ccccc3C2)cc(F)c1F. The fourth-order valence-corrected chi connectivity index (χ4v) is 2.54. The lowest BCUT2D eigenvalue weighted by atomic mass is 10.1. The fraction of sp³-hybridized carbons (Fsp3) is 0.200. The van der Waals surface area contributed by atoms with E-state index in [1.807, 2.05) is 24.3 Å². The summed E-state index contributed by atoms with van der Waals surface area (Å²) in [7, 11) is 0. The minimum atomic E-state index is -1.43. The van der Waals surface area contributed by atoms with Crippen LogP contribution in [0.15, 0.2) is 36.4 Å². The highest BCUT2D eigenvalue weighted by Crippen LogP contribution is 2.25. The Hall–Kier alpha value is -1.97. The van der Waals surface area contributed by atoms with Gasteiger partial charge in [0, 0.05) is 23.9 Å². The van der Waals surface area contributed by atoms with Crippen LogP contribution in [0.4, 0.5) is 18.9 Å². The quantitative estimate of drug-likeness (QED) is 0.815. The molecular weight excluding hydrogens is 251 g/mol. The van der Waals surface area contributed by atoms with Crippen molar-refractivity contribution < 1.29 is 13.2 Å². The average molecular weight is 263 g/mol. The Bertz CT molecular complexity index is 577. The Morgan fingerprint density at radius 2 is 1.42 bits per heavy atom. The van der Waals surface area contributed by atoms with Gasteiger partial charge in [-0.2, -0.15) is 0 Å². The highest BCUT2D eigenvalue weighted by molar-refractivity contribution is 5.47. The number of fused-ring (bicyclic) bond motifs is 1. The number of hydrogen-bond donors (Lipinski definition) is 1. The van der Waals surface area contributed by atoms with E-state index in [9.17, 15) is 13.2 Å². The third kappa shape index (κ3) is 2.30. The molecule has 0 aromatic heterocycles. The first kappa shape index (κ1) is 12.1. The van der Waals surface area contributed by atoms with Gasteiger partial charge in [0.2, 0.25) is 0 Å². The molecule has 0 bridgehead atoms. The van der Waals surface area contributed by atoms with E-state index in [1.165, 1.54) is 11.1 Å². The summed E-state index contributed by atoms with van der Waals surface area (Å²) < 4.78 is 39.1. The lowest BCUT2D eigenvalue weighted by Crippen LogP contribution is -2.19. The first-order valence-corrected chi connectivity index (χ1v) is 6.11. The molecule has 1 N–H and O–H groups in total. The van der Waals surface area contributed by atoms with Gasteiger partial charge < -0.3 is 5.32 Å². The summed E-state index contributed by atoms with van der Waals surface area (Å²) in [6.45, 7) is 0. The molecule has 0 saturated carbocycles. The highest BCUT2D eigenvalue weighted by Gasteiger charge is 2.21. The molecule has 3 rings (SSSR count). The normalized spacial score (nSPS) is 14.5. The molecule has 1 aliphatic carbocycles. The maximum atomic E-state index is 13.1. The molecule has 98 valence electrons. The van der Waals surface area contributed by atoms with Crippen molar-refractivity contribution in [1.29, 1.82) is 0 Å². The molecule has 0 unspecified atom stereocenters. The van der Waals surface area contributed by atoms with Gasteiger partial charge in [-0.3, -0.25) is 0 Å². The van der Waals surface area contributed by atoms with Gasteiger partial charge in [0.05, 0.1) is 0 Å². The molecule has 4 heteroatoms. The molecule has 0 atom stereocenters. The Labute approximate surface area is 109 Å². The van der Waals surface area contributed by atoms with Crippen molar-refractivity contribution in [3.05, 3.63) is 65.0 Å². The molecule has 2 aromatic rings. The van der Waals surface area contributed by atoms with E-state index in [4.69, 9.17) is 0 Å². The molecule has 1 nitrogen and oxygen atoms in total. The largest absolute Gasteiger partial charge is 0.381 e. The molecule has 0 fully saturated rings. The standard InChI is InChI=1S/C15H12F3N/c16-13-7-12(8-14(17)15(13)18)19-11-5-9-3-1-2-4-10(9)6-11/h1-4,7-8,11,19H,5-6H2. The second-order valence-corrected chi connectivity index (χ2v) is 4.77. The van der Waals surface area contributed by atoms with Gasteiger partial charge >= 0.3 is 0 Å². The van der Waals surface area contributed by atoms with E-state index < -0.39 is 17.5 Å². The summed E-state index contributed by atoms with van der Waals surface area (Å²) in [5.41, 5.74) is 2.75. The number of halogens is 3. The Balaban J connectivity index is 1.78. The smallest absolute Gasteiger partial charge is 0.194 e. The van der Waals surface area contributed by atoms with Crippen LogP contribution in [0.25, 0.3) is 0 Å². The van der Waals surface area contributed by atoms with E-state index >= 15 is 0 Å². The van der Waals surface area contributed by atoms with Crippen molar-refractivity contribution in [1.82, 2.24) is 0 Å². The maximum Gasteiger partial charge on any atom is 0.194 e. The second kappa shape index (κ2) is 4.61. The third-order valence-corrected chi connectivity index (χ3v) is 3.41. The Morgan fingerprint density at radius 3 is 1.95 bits per heavy atom. The molecule has 0 heterocycles. The molecule has 1 aliphatic rings. The van der Waals surface area contributed by atoms with Crippen molar-refractivity contribution in [3.63, 3.8) is 0 Å². The Kier molecular flexibility index (Phi) is 2.93. The van der Waals surface area contributed by atoms with E-state index in [-0.39, 0.29) is 11.7 Å². The van der Waals surface area contributed by atoms with Crippen LogP contribution in [-0.4, -0.2) is 6.04 Å². The van der Waals surface area contributed by atoms with E-state index in [0.717, 1.165) is 25.0 Å². The van der Waals surface area contributed by atoms with E-state index in [0.29, 0.717) is 0 Å². The summed E-state index contributed by atoms with van der Waals surface area (Å²) in [6.07, 6.45) is 1.60. The van der Waals surface area contributed by atoms with Gasteiger partial charge in [-0.25, -0.2) is 13.2 Å². The lowest BCUT2D eigenvalue weighted by Gasteiger charge is -2.14.